The van der Waals surface area contributed by atoms with Crippen LogP contribution in [0.4, 0.5) is 21.6 Å². The highest BCUT2D eigenvalue weighted by Gasteiger charge is 2.34. The SMILES string of the molecule is Cc1ccn2c(-c3ccc(Nc4ccc(N5CCC[C@@](O)(CN(C)C)C5)cn4)c4c3CNC4=O)cnc2c1F. The Morgan fingerprint density at radius 2 is 2.03 bits per heavy atom. The summed E-state index contributed by atoms with van der Waals surface area (Å²) in [5.41, 5.74) is 4.57. The van der Waals surface area contributed by atoms with E-state index in [0.29, 0.717) is 42.3 Å². The van der Waals surface area contributed by atoms with E-state index in [2.05, 4.69) is 25.5 Å². The van der Waals surface area contributed by atoms with Crippen molar-refractivity contribution in [1.82, 2.24) is 24.6 Å². The Kier molecular flexibility index (Phi) is 6.23. The van der Waals surface area contributed by atoms with E-state index in [1.807, 2.05) is 43.3 Å². The molecule has 0 radical (unpaired) electrons. The zero-order chi connectivity index (χ0) is 27.3. The van der Waals surface area contributed by atoms with Gasteiger partial charge in [0.25, 0.3) is 5.91 Å². The number of nitrogens with zero attached hydrogens (tertiary/aromatic N) is 5. The van der Waals surface area contributed by atoms with E-state index in [-0.39, 0.29) is 17.4 Å². The zero-order valence-corrected chi connectivity index (χ0v) is 22.3. The average molecular weight is 530 g/mol. The Morgan fingerprint density at radius 1 is 1.18 bits per heavy atom. The molecule has 2 aliphatic rings. The van der Waals surface area contributed by atoms with Gasteiger partial charge < -0.3 is 25.5 Å². The minimum Gasteiger partial charge on any atom is -0.387 e. The van der Waals surface area contributed by atoms with E-state index in [9.17, 15) is 14.3 Å². The molecule has 10 heteroatoms. The summed E-state index contributed by atoms with van der Waals surface area (Å²) in [6.45, 7) is 4.12. The number of rotatable bonds is 6. The van der Waals surface area contributed by atoms with Gasteiger partial charge in [0.05, 0.1) is 40.6 Å². The van der Waals surface area contributed by atoms with E-state index in [4.69, 9.17) is 0 Å². The lowest BCUT2D eigenvalue weighted by atomic mass is 9.92. The Balaban J connectivity index is 1.27. The first-order valence-corrected chi connectivity index (χ1v) is 13.1. The zero-order valence-electron chi connectivity index (χ0n) is 22.3. The predicted molar refractivity (Wildman–Crippen MR) is 149 cm³/mol. The van der Waals surface area contributed by atoms with Crippen LogP contribution in [0.5, 0.6) is 0 Å². The summed E-state index contributed by atoms with van der Waals surface area (Å²) in [7, 11) is 3.95. The highest BCUT2D eigenvalue weighted by molar-refractivity contribution is 6.06. The molecule has 1 amide bonds. The molecule has 1 atom stereocenters. The molecule has 39 heavy (non-hydrogen) atoms. The van der Waals surface area contributed by atoms with Gasteiger partial charge in [-0.15, -0.1) is 0 Å². The lowest BCUT2D eigenvalue weighted by Gasteiger charge is -2.41. The number of halogens is 1. The number of amides is 1. The van der Waals surface area contributed by atoms with Crippen LogP contribution in [0, 0.1) is 12.7 Å². The van der Waals surface area contributed by atoms with Gasteiger partial charge in [0.15, 0.2) is 11.5 Å². The molecule has 6 rings (SSSR count). The maximum Gasteiger partial charge on any atom is 0.254 e. The molecule has 0 spiro atoms. The van der Waals surface area contributed by atoms with Gasteiger partial charge in [-0.05, 0) is 69.3 Å². The third-order valence-corrected chi connectivity index (χ3v) is 7.60. The number of nitrogens with one attached hydrogen (secondary N) is 2. The second-order valence-electron chi connectivity index (χ2n) is 10.9. The Morgan fingerprint density at radius 3 is 2.79 bits per heavy atom. The Labute approximate surface area is 226 Å². The number of piperidine rings is 1. The fourth-order valence-electron chi connectivity index (χ4n) is 5.84. The van der Waals surface area contributed by atoms with Crippen molar-refractivity contribution in [2.75, 3.05) is 43.9 Å². The lowest BCUT2D eigenvalue weighted by Crippen LogP contribution is -2.53. The number of pyridine rings is 2. The molecular formula is C29H32FN7O2. The topological polar surface area (TPSA) is 98.0 Å². The van der Waals surface area contributed by atoms with E-state index in [1.54, 1.807) is 36.0 Å². The van der Waals surface area contributed by atoms with Crippen LogP contribution >= 0.6 is 0 Å². The van der Waals surface area contributed by atoms with Crippen LogP contribution in [0.25, 0.3) is 16.9 Å². The fraction of sp³-hybridized carbons (Fsp3) is 0.345. The van der Waals surface area contributed by atoms with Gasteiger partial charge in [0.1, 0.15) is 5.82 Å². The first kappa shape index (κ1) is 25.3. The monoisotopic (exact) mass is 529 g/mol. The average Bonchev–Trinajstić information content (AvgIpc) is 3.51. The van der Waals surface area contributed by atoms with Gasteiger partial charge in [0, 0.05) is 37.9 Å². The number of aromatic nitrogens is 3. The van der Waals surface area contributed by atoms with Gasteiger partial charge in [0.2, 0.25) is 0 Å². The van der Waals surface area contributed by atoms with Crippen molar-refractivity contribution in [2.45, 2.75) is 31.9 Å². The molecule has 2 aliphatic heterocycles. The number of carbonyl (C=O) groups is 1. The third kappa shape index (κ3) is 4.59. The van der Waals surface area contributed by atoms with Crippen molar-refractivity contribution in [1.29, 1.82) is 0 Å². The van der Waals surface area contributed by atoms with Crippen LogP contribution in [0.3, 0.4) is 0 Å². The van der Waals surface area contributed by atoms with Crippen LogP contribution in [-0.4, -0.2) is 69.6 Å². The van der Waals surface area contributed by atoms with Crippen molar-refractivity contribution in [3.63, 3.8) is 0 Å². The molecule has 1 aromatic carbocycles. The molecule has 4 aromatic rings. The standard InChI is InChI=1S/C29H32FN7O2/c1-18-9-12-37-23(15-32-27(37)26(18)30)20-6-7-22(25-21(20)14-33-28(25)38)34-24-8-5-19(13-31-24)36-11-4-10-29(39,17-36)16-35(2)3/h5-9,12-13,15,39H,4,10-11,14,16-17H2,1-3H3,(H,31,34)(H,33,38)/t29-/m1/s1. The minimum absolute atomic E-state index is 0.171. The highest BCUT2D eigenvalue weighted by Crippen LogP contribution is 2.36. The molecule has 0 unspecified atom stereocenters. The number of aliphatic hydroxyl groups is 1. The van der Waals surface area contributed by atoms with Gasteiger partial charge in [-0.3, -0.25) is 9.20 Å². The minimum atomic E-state index is -0.750. The smallest absolute Gasteiger partial charge is 0.254 e. The van der Waals surface area contributed by atoms with Gasteiger partial charge in [-0.2, -0.15) is 0 Å². The van der Waals surface area contributed by atoms with E-state index < -0.39 is 5.60 Å². The summed E-state index contributed by atoms with van der Waals surface area (Å²) in [4.78, 5) is 26.0. The van der Waals surface area contributed by atoms with Crippen LogP contribution in [0.2, 0.25) is 0 Å². The van der Waals surface area contributed by atoms with Gasteiger partial charge >= 0.3 is 0 Å². The summed E-state index contributed by atoms with van der Waals surface area (Å²) in [6.07, 6.45) is 6.93. The summed E-state index contributed by atoms with van der Waals surface area (Å²) < 4.78 is 16.3. The molecule has 5 heterocycles. The molecule has 1 fully saturated rings. The van der Waals surface area contributed by atoms with Crippen molar-refractivity contribution in [2.24, 2.45) is 0 Å². The first-order chi connectivity index (χ1) is 18.7. The van der Waals surface area contributed by atoms with Crippen molar-refractivity contribution >= 4 is 28.7 Å². The number of fused-ring (bicyclic) bond motifs is 2. The Hall–Kier alpha value is -4.02. The Bertz CT molecular complexity index is 1570. The number of imidazole rings is 1. The summed E-state index contributed by atoms with van der Waals surface area (Å²) in [5, 5.41) is 17.3. The number of likely N-dealkylation sites (N-methyl/N-ethyl adjacent to an activating group) is 1. The number of anilines is 3. The van der Waals surface area contributed by atoms with Gasteiger partial charge in [-0.1, -0.05) is 6.07 Å². The fourth-order valence-corrected chi connectivity index (χ4v) is 5.84. The molecule has 202 valence electrons. The molecule has 1 saturated heterocycles. The van der Waals surface area contributed by atoms with Crippen LogP contribution in [0.15, 0.2) is 48.9 Å². The number of β-amino-alcohol motifs (C(OH)–C–C–N with tert-alkyl or cyclic N) is 1. The number of hydrogen-bond donors (Lipinski definition) is 3. The van der Waals surface area contributed by atoms with Crippen molar-refractivity contribution in [3.8, 4) is 11.3 Å². The first-order valence-electron chi connectivity index (χ1n) is 13.1. The predicted octanol–water partition coefficient (Wildman–Crippen LogP) is 3.72. The molecular weight excluding hydrogens is 497 g/mol. The maximum atomic E-state index is 14.6. The molecule has 3 aromatic heterocycles. The lowest BCUT2D eigenvalue weighted by molar-refractivity contribution is 0.00369. The number of carbonyl (C=O) groups excluding carboxylic acids is 1. The molecule has 0 aliphatic carbocycles. The second kappa shape index (κ2) is 9.62. The number of benzene rings is 1. The largest absolute Gasteiger partial charge is 0.387 e. The number of hydrogen-bond acceptors (Lipinski definition) is 7. The normalized spacial score (nSPS) is 19.0. The van der Waals surface area contributed by atoms with E-state index in [0.717, 1.165) is 41.9 Å². The van der Waals surface area contributed by atoms with Crippen LogP contribution in [-0.2, 0) is 6.54 Å². The summed E-state index contributed by atoms with van der Waals surface area (Å²) in [5.74, 6) is 0.0889. The van der Waals surface area contributed by atoms with E-state index in [1.165, 1.54) is 0 Å². The summed E-state index contributed by atoms with van der Waals surface area (Å²) >= 11 is 0. The number of aryl methyl sites for hydroxylation is 1. The maximum absolute atomic E-state index is 14.6. The molecule has 0 saturated carbocycles. The van der Waals surface area contributed by atoms with E-state index >= 15 is 0 Å². The van der Waals surface area contributed by atoms with Crippen LogP contribution < -0.4 is 15.5 Å². The van der Waals surface area contributed by atoms with Gasteiger partial charge in [-0.25, -0.2) is 14.4 Å². The van der Waals surface area contributed by atoms with Crippen molar-refractivity contribution < 1.29 is 14.3 Å². The molecule has 9 nitrogen and oxygen atoms in total. The van der Waals surface area contributed by atoms with Crippen molar-refractivity contribution in [3.05, 3.63) is 71.4 Å². The third-order valence-electron chi connectivity index (χ3n) is 7.60. The molecule has 3 N–H and O–H groups in total. The quantitative estimate of drug-likeness (QED) is 0.350. The molecule has 0 bridgehead atoms. The summed E-state index contributed by atoms with van der Waals surface area (Å²) in [6, 6.07) is 9.37. The van der Waals surface area contributed by atoms with Crippen LogP contribution in [0.1, 0.15) is 34.3 Å². The second-order valence-corrected chi connectivity index (χ2v) is 10.9. The highest BCUT2D eigenvalue weighted by atomic mass is 19.1.